The van der Waals surface area contributed by atoms with E-state index in [1.54, 1.807) is 0 Å². The summed E-state index contributed by atoms with van der Waals surface area (Å²) >= 11 is 2.36. The van der Waals surface area contributed by atoms with Gasteiger partial charge in [0.2, 0.25) is 0 Å². The summed E-state index contributed by atoms with van der Waals surface area (Å²) in [6.45, 7) is 12.0. The third kappa shape index (κ3) is 3.55. The highest BCUT2D eigenvalue weighted by molar-refractivity contribution is 14.1. The maximum atomic E-state index is 6.28. The predicted octanol–water partition coefficient (Wildman–Crippen LogP) is 4.54. The fourth-order valence-corrected chi connectivity index (χ4v) is 3.87. The van der Waals surface area contributed by atoms with Crippen LogP contribution >= 0.6 is 22.6 Å². The van der Waals surface area contributed by atoms with E-state index in [2.05, 4.69) is 86.8 Å². The van der Waals surface area contributed by atoms with Crippen molar-refractivity contribution in [2.75, 3.05) is 6.54 Å². The van der Waals surface area contributed by atoms with E-state index in [9.17, 15) is 0 Å². The van der Waals surface area contributed by atoms with Crippen LogP contribution in [0.2, 0.25) is 0 Å². The van der Waals surface area contributed by atoms with Crippen molar-refractivity contribution in [3.05, 3.63) is 33.4 Å². The van der Waals surface area contributed by atoms with Gasteiger partial charge in [0, 0.05) is 15.5 Å². The maximum absolute atomic E-state index is 6.28. The van der Waals surface area contributed by atoms with Crippen LogP contribution < -0.4 is 5.32 Å². The third-order valence-electron chi connectivity index (χ3n) is 4.20. The minimum absolute atomic E-state index is 0.0367. The van der Waals surface area contributed by atoms with Crippen LogP contribution in [0.4, 0.5) is 0 Å². The van der Waals surface area contributed by atoms with Crippen LogP contribution in [-0.2, 0) is 4.74 Å². The number of nitrogens with one attached hydrogen (secondary N) is 1. The molecule has 0 amide bonds. The van der Waals surface area contributed by atoms with Crippen molar-refractivity contribution < 1.29 is 4.74 Å². The highest BCUT2D eigenvalue weighted by Gasteiger charge is 2.49. The molecule has 1 N–H and O–H groups in total. The first-order valence-corrected chi connectivity index (χ1v) is 8.52. The summed E-state index contributed by atoms with van der Waals surface area (Å²) in [5.41, 5.74) is 1.23. The minimum Gasteiger partial charge on any atom is -0.369 e. The molecule has 3 heteroatoms. The molecule has 1 aromatic carbocycles. The standard InChI is InChI=1S/C17H26INO/c1-6-19-15(12-7-9-13(18)10-8-12)14-11-16(2,3)20-17(14,4)5/h7-10,14-15,19H,6,11H2,1-5H3. The molecule has 0 bridgehead atoms. The largest absolute Gasteiger partial charge is 0.369 e. The van der Waals surface area contributed by atoms with Gasteiger partial charge in [-0.1, -0.05) is 19.1 Å². The number of hydrogen-bond acceptors (Lipinski definition) is 2. The van der Waals surface area contributed by atoms with Gasteiger partial charge >= 0.3 is 0 Å². The van der Waals surface area contributed by atoms with Crippen LogP contribution in [0.25, 0.3) is 0 Å². The van der Waals surface area contributed by atoms with Crippen LogP contribution in [0.15, 0.2) is 24.3 Å². The molecular weight excluding hydrogens is 361 g/mol. The van der Waals surface area contributed by atoms with Crippen LogP contribution in [-0.4, -0.2) is 17.7 Å². The Morgan fingerprint density at radius 2 is 1.85 bits per heavy atom. The van der Waals surface area contributed by atoms with Crippen molar-refractivity contribution in [2.24, 2.45) is 5.92 Å². The zero-order valence-electron chi connectivity index (χ0n) is 13.2. The quantitative estimate of drug-likeness (QED) is 0.767. The van der Waals surface area contributed by atoms with Gasteiger partial charge in [0.25, 0.3) is 0 Å². The van der Waals surface area contributed by atoms with Crippen molar-refractivity contribution in [2.45, 2.75) is 58.3 Å². The molecule has 0 spiro atoms. The van der Waals surface area contributed by atoms with Gasteiger partial charge in [-0.15, -0.1) is 0 Å². The lowest BCUT2D eigenvalue weighted by molar-refractivity contribution is -0.0778. The second-order valence-electron chi connectivity index (χ2n) is 6.86. The molecule has 0 radical (unpaired) electrons. The average Bonchev–Trinajstić information content (AvgIpc) is 2.55. The van der Waals surface area contributed by atoms with Crippen molar-refractivity contribution >= 4 is 22.6 Å². The predicted molar refractivity (Wildman–Crippen MR) is 92.9 cm³/mol. The Morgan fingerprint density at radius 3 is 2.30 bits per heavy atom. The van der Waals surface area contributed by atoms with Crippen LogP contribution in [0.1, 0.15) is 52.6 Å². The van der Waals surface area contributed by atoms with E-state index in [4.69, 9.17) is 4.74 Å². The van der Waals surface area contributed by atoms with E-state index < -0.39 is 0 Å². The lowest BCUT2D eigenvalue weighted by atomic mass is 9.79. The van der Waals surface area contributed by atoms with Crippen LogP contribution in [0, 0.1) is 9.49 Å². The van der Waals surface area contributed by atoms with Gasteiger partial charge in [0.05, 0.1) is 11.2 Å². The lowest BCUT2D eigenvalue weighted by Crippen LogP contribution is -2.38. The second kappa shape index (κ2) is 5.93. The molecule has 0 aliphatic carbocycles. The number of halogens is 1. The molecule has 1 fully saturated rings. The summed E-state index contributed by atoms with van der Waals surface area (Å²) in [5, 5.41) is 3.67. The Labute approximate surface area is 136 Å². The smallest absolute Gasteiger partial charge is 0.0681 e. The van der Waals surface area contributed by atoms with Gasteiger partial charge in [0.15, 0.2) is 0 Å². The van der Waals surface area contributed by atoms with Gasteiger partial charge in [-0.3, -0.25) is 0 Å². The van der Waals surface area contributed by atoms with Crippen LogP contribution in [0.3, 0.4) is 0 Å². The highest BCUT2D eigenvalue weighted by Crippen LogP contribution is 2.47. The Hall–Kier alpha value is -0.130. The molecule has 0 aromatic heterocycles. The van der Waals surface area contributed by atoms with E-state index >= 15 is 0 Å². The summed E-state index contributed by atoms with van der Waals surface area (Å²) in [5.74, 6) is 0.484. The monoisotopic (exact) mass is 387 g/mol. The molecule has 1 saturated heterocycles. The first-order valence-electron chi connectivity index (χ1n) is 7.44. The highest BCUT2D eigenvalue weighted by atomic mass is 127. The molecule has 2 unspecified atom stereocenters. The molecule has 112 valence electrons. The van der Waals surface area contributed by atoms with Gasteiger partial charge < -0.3 is 10.1 Å². The van der Waals surface area contributed by atoms with Gasteiger partial charge in [-0.05, 0) is 80.9 Å². The summed E-state index contributed by atoms with van der Waals surface area (Å²) in [6.07, 6.45) is 1.09. The molecule has 2 rings (SSSR count). The van der Waals surface area contributed by atoms with Crippen molar-refractivity contribution in [1.82, 2.24) is 5.32 Å². The van der Waals surface area contributed by atoms with E-state index in [0.717, 1.165) is 13.0 Å². The van der Waals surface area contributed by atoms with E-state index in [-0.39, 0.29) is 11.2 Å². The zero-order valence-corrected chi connectivity index (χ0v) is 15.3. The first kappa shape index (κ1) is 16.2. The molecule has 1 aromatic rings. The minimum atomic E-state index is -0.0979. The maximum Gasteiger partial charge on any atom is 0.0681 e. The van der Waals surface area contributed by atoms with Gasteiger partial charge in [-0.25, -0.2) is 0 Å². The Bertz CT molecular complexity index is 453. The fraction of sp³-hybridized carbons (Fsp3) is 0.647. The molecule has 20 heavy (non-hydrogen) atoms. The number of benzene rings is 1. The molecule has 1 aliphatic rings. The topological polar surface area (TPSA) is 21.3 Å². The van der Waals surface area contributed by atoms with Gasteiger partial charge in [0.1, 0.15) is 0 Å². The lowest BCUT2D eigenvalue weighted by Gasteiger charge is -2.33. The van der Waals surface area contributed by atoms with Crippen molar-refractivity contribution in [3.8, 4) is 0 Å². The molecule has 1 aliphatic heterocycles. The number of hydrogen-bond donors (Lipinski definition) is 1. The SMILES string of the molecule is CCNC(c1ccc(I)cc1)C1CC(C)(C)OC1(C)C. The van der Waals surface area contributed by atoms with E-state index in [1.165, 1.54) is 9.13 Å². The summed E-state index contributed by atoms with van der Waals surface area (Å²) in [6, 6.07) is 9.23. The molecule has 0 saturated carbocycles. The summed E-state index contributed by atoms with van der Waals surface area (Å²) in [4.78, 5) is 0. The Balaban J connectivity index is 2.31. The molecule has 2 nitrogen and oxygen atoms in total. The van der Waals surface area contributed by atoms with E-state index in [0.29, 0.717) is 12.0 Å². The first-order chi connectivity index (χ1) is 9.25. The average molecular weight is 387 g/mol. The molecule has 1 heterocycles. The summed E-state index contributed by atoms with van der Waals surface area (Å²) < 4.78 is 7.56. The zero-order chi connectivity index (χ0) is 15.0. The number of rotatable bonds is 4. The van der Waals surface area contributed by atoms with Crippen molar-refractivity contribution in [3.63, 3.8) is 0 Å². The fourth-order valence-electron chi connectivity index (χ4n) is 3.51. The van der Waals surface area contributed by atoms with Crippen molar-refractivity contribution in [1.29, 1.82) is 0 Å². The molecule has 2 atom stereocenters. The summed E-state index contributed by atoms with van der Waals surface area (Å²) in [7, 11) is 0. The van der Waals surface area contributed by atoms with E-state index in [1.807, 2.05) is 0 Å². The second-order valence-corrected chi connectivity index (χ2v) is 8.11. The Kier molecular flexibility index (Phi) is 4.82. The van der Waals surface area contributed by atoms with Crippen LogP contribution in [0.5, 0.6) is 0 Å². The molecular formula is C17H26INO. The normalized spacial score (nSPS) is 25.6. The third-order valence-corrected chi connectivity index (χ3v) is 4.92. The number of ether oxygens (including phenoxy) is 1. The van der Waals surface area contributed by atoms with Gasteiger partial charge in [-0.2, -0.15) is 0 Å². The Morgan fingerprint density at radius 1 is 1.25 bits per heavy atom.